The standard InChI is InChI=1S/C12H10O4.2C6H6O/c13-7-1-3-11(15)9(5-7)10-6-8(14)2-4-12(10)16;2*7-6-4-2-1-3-5-6/h1-6,13-16H;2*1-5,7H. The second kappa shape index (κ2) is 10.9. The van der Waals surface area contributed by atoms with Crippen LogP contribution in [0.2, 0.25) is 0 Å². The van der Waals surface area contributed by atoms with Gasteiger partial charge in [-0.15, -0.1) is 0 Å². The van der Waals surface area contributed by atoms with Crippen molar-refractivity contribution < 1.29 is 30.6 Å². The van der Waals surface area contributed by atoms with Gasteiger partial charge in [-0.1, -0.05) is 36.4 Å². The number of para-hydroxylation sites is 2. The highest BCUT2D eigenvalue weighted by Crippen LogP contribution is 2.38. The Morgan fingerprint density at radius 1 is 0.333 bits per heavy atom. The van der Waals surface area contributed by atoms with Gasteiger partial charge in [-0.3, -0.25) is 0 Å². The Kier molecular flexibility index (Phi) is 7.96. The van der Waals surface area contributed by atoms with Crippen LogP contribution in [0, 0.1) is 0 Å². The Hall–Kier alpha value is -4.32. The van der Waals surface area contributed by atoms with E-state index in [2.05, 4.69) is 0 Å². The van der Waals surface area contributed by atoms with Crippen LogP contribution in [0.15, 0.2) is 97.1 Å². The molecule has 30 heavy (non-hydrogen) atoms. The van der Waals surface area contributed by atoms with Gasteiger partial charge in [-0.05, 0) is 60.7 Å². The average molecular weight is 406 g/mol. The van der Waals surface area contributed by atoms with Gasteiger partial charge >= 0.3 is 0 Å². The number of benzene rings is 4. The fraction of sp³-hybridized carbons (Fsp3) is 0. The highest BCUT2D eigenvalue weighted by atomic mass is 16.3. The van der Waals surface area contributed by atoms with Crippen molar-refractivity contribution in [3.63, 3.8) is 0 Å². The van der Waals surface area contributed by atoms with E-state index in [0.29, 0.717) is 11.5 Å². The van der Waals surface area contributed by atoms with Crippen LogP contribution in [0.3, 0.4) is 0 Å². The number of phenolic OH excluding ortho intramolecular Hbond substituents is 6. The molecule has 0 amide bonds. The molecule has 0 aromatic heterocycles. The number of hydrogen-bond acceptors (Lipinski definition) is 6. The first-order chi connectivity index (χ1) is 14.4. The van der Waals surface area contributed by atoms with E-state index >= 15 is 0 Å². The summed E-state index contributed by atoms with van der Waals surface area (Å²) in [5.41, 5.74) is 0.516. The van der Waals surface area contributed by atoms with E-state index in [1.54, 1.807) is 48.5 Å². The molecule has 0 spiro atoms. The summed E-state index contributed by atoms with van der Waals surface area (Å²) in [7, 11) is 0. The normalized spacial score (nSPS) is 9.47. The zero-order valence-electron chi connectivity index (χ0n) is 15.9. The Morgan fingerprint density at radius 2 is 0.667 bits per heavy atom. The summed E-state index contributed by atoms with van der Waals surface area (Å²) < 4.78 is 0. The number of phenols is 6. The Bertz CT molecular complexity index is 963. The molecule has 6 nitrogen and oxygen atoms in total. The zero-order valence-corrected chi connectivity index (χ0v) is 15.9. The third-order valence-electron chi connectivity index (χ3n) is 3.76. The molecule has 6 N–H and O–H groups in total. The monoisotopic (exact) mass is 406 g/mol. The molecule has 6 heteroatoms. The summed E-state index contributed by atoms with van der Waals surface area (Å²) in [6, 6.07) is 25.3. The molecule has 0 unspecified atom stereocenters. The SMILES string of the molecule is Oc1ccc(O)c(-c2cc(O)ccc2O)c1.Oc1ccccc1.Oc1ccccc1. The number of aromatic hydroxyl groups is 6. The van der Waals surface area contributed by atoms with Crippen molar-refractivity contribution in [1.82, 2.24) is 0 Å². The maximum absolute atomic E-state index is 9.60. The van der Waals surface area contributed by atoms with Gasteiger partial charge in [0.25, 0.3) is 0 Å². The van der Waals surface area contributed by atoms with E-state index in [1.807, 2.05) is 12.1 Å². The summed E-state index contributed by atoms with van der Waals surface area (Å²) >= 11 is 0. The fourth-order valence-corrected chi connectivity index (χ4v) is 2.34. The van der Waals surface area contributed by atoms with E-state index in [9.17, 15) is 20.4 Å². The molecule has 0 atom stereocenters. The van der Waals surface area contributed by atoms with E-state index in [-0.39, 0.29) is 34.1 Å². The Morgan fingerprint density at radius 3 is 0.933 bits per heavy atom. The van der Waals surface area contributed by atoms with E-state index in [1.165, 1.54) is 36.4 Å². The van der Waals surface area contributed by atoms with Crippen molar-refractivity contribution in [2.45, 2.75) is 0 Å². The summed E-state index contributed by atoms with van der Waals surface area (Å²) in [6.45, 7) is 0. The molecule has 4 aromatic carbocycles. The lowest BCUT2D eigenvalue weighted by Crippen LogP contribution is -1.81. The molecule has 4 aromatic rings. The van der Waals surface area contributed by atoms with Gasteiger partial charge in [-0.2, -0.15) is 0 Å². The molecule has 154 valence electrons. The number of hydrogen-bond donors (Lipinski definition) is 6. The van der Waals surface area contributed by atoms with Crippen LogP contribution < -0.4 is 0 Å². The summed E-state index contributed by atoms with van der Waals surface area (Å²) in [6.07, 6.45) is 0. The smallest absolute Gasteiger partial charge is 0.123 e. The quantitative estimate of drug-likeness (QED) is 0.249. The zero-order chi connectivity index (χ0) is 21.9. The van der Waals surface area contributed by atoms with Crippen LogP contribution in [0.25, 0.3) is 11.1 Å². The van der Waals surface area contributed by atoms with Crippen molar-refractivity contribution in [1.29, 1.82) is 0 Å². The van der Waals surface area contributed by atoms with Crippen molar-refractivity contribution in [2.24, 2.45) is 0 Å². The third kappa shape index (κ3) is 7.01. The fourth-order valence-electron chi connectivity index (χ4n) is 2.34. The number of rotatable bonds is 1. The van der Waals surface area contributed by atoms with Gasteiger partial charge in [0, 0.05) is 11.1 Å². The maximum Gasteiger partial charge on any atom is 0.123 e. The highest BCUT2D eigenvalue weighted by Gasteiger charge is 2.10. The second-order valence-electron chi connectivity index (χ2n) is 6.07. The largest absolute Gasteiger partial charge is 0.508 e. The first kappa shape index (κ1) is 22.0. The van der Waals surface area contributed by atoms with Crippen LogP contribution >= 0.6 is 0 Å². The molecule has 0 aliphatic rings. The summed E-state index contributed by atoms with van der Waals surface area (Å²) in [5.74, 6) is 0.411. The average Bonchev–Trinajstić information content (AvgIpc) is 2.74. The predicted molar refractivity (Wildman–Crippen MR) is 115 cm³/mol. The molecule has 0 aliphatic heterocycles. The highest BCUT2D eigenvalue weighted by molar-refractivity contribution is 5.77. The van der Waals surface area contributed by atoms with Crippen molar-refractivity contribution >= 4 is 0 Å². The topological polar surface area (TPSA) is 121 Å². The lowest BCUT2D eigenvalue weighted by molar-refractivity contribution is 0.455. The van der Waals surface area contributed by atoms with Gasteiger partial charge in [0.2, 0.25) is 0 Å². The van der Waals surface area contributed by atoms with E-state index < -0.39 is 0 Å². The summed E-state index contributed by atoms with van der Waals surface area (Å²) in [5, 5.41) is 55.1. The maximum atomic E-state index is 9.60. The minimum Gasteiger partial charge on any atom is -0.508 e. The lowest BCUT2D eigenvalue weighted by Gasteiger charge is -2.08. The minimum absolute atomic E-state index is 0.0319. The van der Waals surface area contributed by atoms with Gasteiger partial charge in [-0.25, -0.2) is 0 Å². The third-order valence-corrected chi connectivity index (χ3v) is 3.76. The van der Waals surface area contributed by atoms with Gasteiger partial charge in [0.1, 0.15) is 34.5 Å². The summed E-state index contributed by atoms with van der Waals surface area (Å²) in [4.78, 5) is 0. The minimum atomic E-state index is -0.0845. The molecule has 0 fully saturated rings. The van der Waals surface area contributed by atoms with E-state index in [4.69, 9.17) is 10.2 Å². The Labute approximate surface area is 173 Å². The first-order valence-corrected chi connectivity index (χ1v) is 8.89. The Balaban J connectivity index is 0.000000188. The second-order valence-corrected chi connectivity index (χ2v) is 6.07. The van der Waals surface area contributed by atoms with Crippen molar-refractivity contribution in [2.75, 3.05) is 0 Å². The van der Waals surface area contributed by atoms with Crippen LogP contribution in [0.5, 0.6) is 34.5 Å². The van der Waals surface area contributed by atoms with Gasteiger partial charge in [0.15, 0.2) is 0 Å². The first-order valence-electron chi connectivity index (χ1n) is 8.89. The van der Waals surface area contributed by atoms with Gasteiger partial charge < -0.3 is 30.6 Å². The molecule has 0 saturated heterocycles. The molecule has 0 radical (unpaired) electrons. The lowest BCUT2D eigenvalue weighted by atomic mass is 10.0. The molecular weight excluding hydrogens is 384 g/mol. The molecular formula is C24H22O6. The van der Waals surface area contributed by atoms with Crippen LogP contribution in [-0.4, -0.2) is 30.6 Å². The molecule has 4 rings (SSSR count). The van der Waals surface area contributed by atoms with Crippen molar-refractivity contribution in [3.05, 3.63) is 97.1 Å². The predicted octanol–water partition coefficient (Wildman–Crippen LogP) is 4.96. The van der Waals surface area contributed by atoms with Gasteiger partial charge in [0.05, 0.1) is 0 Å². The van der Waals surface area contributed by atoms with Crippen LogP contribution in [0.1, 0.15) is 0 Å². The molecule has 0 aliphatic carbocycles. The van der Waals surface area contributed by atoms with Crippen molar-refractivity contribution in [3.8, 4) is 45.6 Å². The molecule has 0 heterocycles. The molecule has 0 bridgehead atoms. The molecule has 0 saturated carbocycles. The van der Waals surface area contributed by atoms with Crippen LogP contribution in [0.4, 0.5) is 0 Å². The van der Waals surface area contributed by atoms with Crippen LogP contribution in [-0.2, 0) is 0 Å². The van der Waals surface area contributed by atoms with E-state index in [0.717, 1.165) is 0 Å².